The van der Waals surface area contributed by atoms with Crippen LogP contribution < -0.4 is 0 Å². The summed E-state index contributed by atoms with van der Waals surface area (Å²) < 4.78 is 16.4. The summed E-state index contributed by atoms with van der Waals surface area (Å²) in [6.07, 6.45) is 0. The number of phenolic OH excluding ortho intramolecular Hbond substituents is 1. The lowest BCUT2D eigenvalue weighted by Crippen LogP contribution is -1.97. The third kappa shape index (κ3) is 2.34. The fraction of sp³-hybridized carbons (Fsp3) is 0. The van der Waals surface area contributed by atoms with Gasteiger partial charge in [-0.1, -0.05) is 36.4 Å². The molecule has 25 heavy (non-hydrogen) atoms. The van der Waals surface area contributed by atoms with E-state index in [9.17, 15) is 14.8 Å². The molecule has 0 spiro atoms. The van der Waals surface area contributed by atoms with Crippen molar-refractivity contribution in [3.63, 3.8) is 0 Å². The second-order valence-electron chi connectivity index (χ2n) is 5.69. The number of hydrogen-bond donors (Lipinski definition) is 1. The van der Waals surface area contributed by atoms with Crippen LogP contribution in [0.3, 0.4) is 0 Å². The number of nitrogens with zero attached hydrogens (tertiary/aromatic N) is 2. The lowest BCUT2D eigenvalue weighted by Gasteiger charge is -2.11. The number of fused-ring (bicyclic) bond motifs is 1. The molecule has 0 bridgehead atoms. The van der Waals surface area contributed by atoms with Gasteiger partial charge in [-0.25, -0.2) is 4.39 Å². The molecule has 0 aliphatic carbocycles. The highest BCUT2D eigenvalue weighted by Gasteiger charge is 2.22. The fourth-order valence-electron chi connectivity index (χ4n) is 3.15. The van der Waals surface area contributed by atoms with Crippen LogP contribution >= 0.6 is 0 Å². The molecule has 0 aliphatic rings. The molecular formula is C21H13FN2O. The minimum Gasteiger partial charge on any atom is -0.508 e. The summed E-state index contributed by atoms with van der Waals surface area (Å²) in [5.74, 6) is -0.281. The first-order valence-corrected chi connectivity index (χ1v) is 7.78. The molecule has 3 aromatic carbocycles. The Labute approximate surface area is 143 Å². The number of aromatic nitrogens is 1. The highest BCUT2D eigenvalue weighted by molar-refractivity contribution is 5.96. The number of rotatable bonds is 2. The monoisotopic (exact) mass is 328 g/mol. The molecule has 4 heteroatoms. The van der Waals surface area contributed by atoms with E-state index >= 15 is 0 Å². The number of phenols is 1. The van der Waals surface area contributed by atoms with Gasteiger partial charge in [-0.3, -0.25) is 0 Å². The summed E-state index contributed by atoms with van der Waals surface area (Å²) in [6.45, 7) is 0. The van der Waals surface area contributed by atoms with Crippen molar-refractivity contribution >= 4 is 10.9 Å². The van der Waals surface area contributed by atoms with E-state index in [2.05, 4.69) is 6.07 Å². The molecule has 0 radical (unpaired) electrons. The van der Waals surface area contributed by atoms with Gasteiger partial charge in [0.05, 0.1) is 22.2 Å². The standard InChI is InChI=1S/C21H13FN2O/c22-18-7-4-8-19-20(18)17(13-23)21(14-5-2-1-3-6-14)24(19)15-9-11-16(25)12-10-15/h1-12,25H. The fourth-order valence-corrected chi connectivity index (χ4v) is 3.15. The van der Waals surface area contributed by atoms with Crippen molar-refractivity contribution < 1.29 is 9.50 Å². The van der Waals surface area contributed by atoms with Crippen molar-refractivity contribution in [2.24, 2.45) is 0 Å². The van der Waals surface area contributed by atoms with Gasteiger partial charge in [-0.2, -0.15) is 5.26 Å². The summed E-state index contributed by atoms with van der Waals surface area (Å²) in [4.78, 5) is 0. The van der Waals surface area contributed by atoms with Crippen LogP contribution in [0, 0.1) is 17.1 Å². The maximum absolute atomic E-state index is 14.5. The van der Waals surface area contributed by atoms with Crippen LogP contribution in [0.1, 0.15) is 5.56 Å². The number of nitriles is 1. The summed E-state index contributed by atoms with van der Waals surface area (Å²) in [5, 5.41) is 19.6. The van der Waals surface area contributed by atoms with Crippen LogP contribution in [0.15, 0.2) is 72.8 Å². The maximum Gasteiger partial charge on any atom is 0.133 e. The van der Waals surface area contributed by atoms with E-state index in [1.54, 1.807) is 36.4 Å². The number of aromatic hydroxyl groups is 1. The van der Waals surface area contributed by atoms with Crippen molar-refractivity contribution in [3.8, 4) is 28.8 Å². The molecule has 0 atom stereocenters. The van der Waals surface area contributed by atoms with Crippen molar-refractivity contribution in [2.45, 2.75) is 0 Å². The van der Waals surface area contributed by atoms with Crippen LogP contribution in [-0.4, -0.2) is 9.67 Å². The van der Waals surface area contributed by atoms with E-state index < -0.39 is 5.82 Å². The van der Waals surface area contributed by atoms with Gasteiger partial charge >= 0.3 is 0 Å². The Morgan fingerprint density at radius 1 is 0.880 bits per heavy atom. The van der Waals surface area contributed by atoms with Crippen molar-refractivity contribution in [3.05, 3.63) is 84.2 Å². The predicted octanol–water partition coefficient (Wildman–Crippen LogP) is 5.01. The third-order valence-corrected chi connectivity index (χ3v) is 4.21. The molecule has 0 saturated heterocycles. The van der Waals surface area contributed by atoms with Gasteiger partial charge in [0.2, 0.25) is 0 Å². The van der Waals surface area contributed by atoms with Crippen molar-refractivity contribution in [2.75, 3.05) is 0 Å². The van der Waals surface area contributed by atoms with E-state index in [1.807, 2.05) is 34.9 Å². The minimum atomic E-state index is -0.427. The van der Waals surface area contributed by atoms with Gasteiger partial charge in [-0.05, 0) is 42.0 Å². The number of hydrogen-bond acceptors (Lipinski definition) is 2. The first-order chi connectivity index (χ1) is 12.2. The van der Waals surface area contributed by atoms with Gasteiger partial charge < -0.3 is 9.67 Å². The largest absolute Gasteiger partial charge is 0.508 e. The lowest BCUT2D eigenvalue weighted by atomic mass is 10.1. The summed E-state index contributed by atoms with van der Waals surface area (Å²) >= 11 is 0. The Morgan fingerprint density at radius 3 is 2.28 bits per heavy atom. The quantitative estimate of drug-likeness (QED) is 0.562. The van der Waals surface area contributed by atoms with Crippen LogP contribution in [0.4, 0.5) is 4.39 Å². The molecule has 0 unspecified atom stereocenters. The topological polar surface area (TPSA) is 49.0 Å². The Kier molecular flexibility index (Phi) is 3.48. The molecule has 4 rings (SSSR count). The highest BCUT2D eigenvalue weighted by Crippen LogP contribution is 2.37. The maximum atomic E-state index is 14.5. The lowest BCUT2D eigenvalue weighted by molar-refractivity contribution is 0.475. The second-order valence-corrected chi connectivity index (χ2v) is 5.69. The van der Waals surface area contributed by atoms with Gasteiger partial charge in [-0.15, -0.1) is 0 Å². The van der Waals surface area contributed by atoms with Crippen molar-refractivity contribution in [1.29, 1.82) is 5.26 Å². The Balaban J connectivity index is 2.18. The normalized spacial score (nSPS) is 10.7. The number of halogens is 1. The average Bonchev–Trinajstić information content (AvgIpc) is 2.99. The van der Waals surface area contributed by atoms with Crippen LogP contribution in [0.25, 0.3) is 27.8 Å². The Morgan fingerprint density at radius 2 is 1.60 bits per heavy atom. The van der Waals surface area contributed by atoms with Gasteiger partial charge in [0.1, 0.15) is 17.6 Å². The van der Waals surface area contributed by atoms with E-state index in [-0.39, 0.29) is 5.75 Å². The van der Waals surface area contributed by atoms with Crippen LogP contribution in [0.5, 0.6) is 5.75 Å². The Hall–Kier alpha value is -3.58. The first-order valence-electron chi connectivity index (χ1n) is 7.78. The zero-order chi connectivity index (χ0) is 17.4. The first kappa shape index (κ1) is 15.0. The molecule has 4 aromatic rings. The molecule has 0 saturated carbocycles. The van der Waals surface area contributed by atoms with E-state index in [0.717, 1.165) is 11.3 Å². The summed E-state index contributed by atoms with van der Waals surface area (Å²) in [5.41, 5.74) is 3.11. The molecule has 1 aromatic heterocycles. The molecule has 0 amide bonds. The van der Waals surface area contributed by atoms with Gasteiger partial charge in [0.25, 0.3) is 0 Å². The minimum absolute atomic E-state index is 0.146. The molecule has 1 heterocycles. The number of benzene rings is 3. The molecular weight excluding hydrogens is 315 g/mol. The SMILES string of the molecule is N#Cc1c(-c2ccccc2)n(-c2ccc(O)cc2)c2cccc(F)c12. The van der Waals surface area contributed by atoms with E-state index in [4.69, 9.17) is 0 Å². The third-order valence-electron chi connectivity index (χ3n) is 4.21. The molecule has 0 fully saturated rings. The smallest absolute Gasteiger partial charge is 0.133 e. The zero-order valence-corrected chi connectivity index (χ0v) is 13.1. The van der Waals surface area contributed by atoms with Crippen LogP contribution in [-0.2, 0) is 0 Å². The molecule has 120 valence electrons. The summed E-state index contributed by atoms with van der Waals surface area (Å²) in [6, 6.07) is 23.0. The summed E-state index contributed by atoms with van der Waals surface area (Å²) in [7, 11) is 0. The molecule has 1 N–H and O–H groups in total. The van der Waals surface area contributed by atoms with Crippen molar-refractivity contribution in [1.82, 2.24) is 4.57 Å². The Bertz CT molecular complexity index is 1110. The molecule has 3 nitrogen and oxygen atoms in total. The van der Waals surface area contributed by atoms with Gasteiger partial charge in [0, 0.05) is 5.69 Å². The zero-order valence-electron chi connectivity index (χ0n) is 13.1. The van der Waals surface area contributed by atoms with Crippen LogP contribution in [0.2, 0.25) is 0 Å². The highest BCUT2D eigenvalue weighted by atomic mass is 19.1. The second kappa shape index (κ2) is 5.81. The predicted molar refractivity (Wildman–Crippen MR) is 95.0 cm³/mol. The van der Waals surface area contributed by atoms with E-state index in [0.29, 0.717) is 22.2 Å². The van der Waals surface area contributed by atoms with Gasteiger partial charge in [0.15, 0.2) is 0 Å². The van der Waals surface area contributed by atoms with E-state index in [1.165, 1.54) is 6.07 Å². The molecule has 0 aliphatic heterocycles. The average molecular weight is 328 g/mol.